The topological polar surface area (TPSA) is 71.9 Å². The van der Waals surface area contributed by atoms with Gasteiger partial charge in [-0.2, -0.15) is 10.2 Å². The van der Waals surface area contributed by atoms with Gasteiger partial charge >= 0.3 is 0 Å². The van der Waals surface area contributed by atoms with E-state index in [1.54, 1.807) is 0 Å². The molecule has 0 fully saturated rings. The number of aliphatic hydroxyl groups is 1. The first-order chi connectivity index (χ1) is 24.4. The van der Waals surface area contributed by atoms with Crippen molar-refractivity contribution < 1.29 is 26.4 Å². The number of hydrogen-bond acceptors (Lipinski definition) is 4. The molecule has 0 aliphatic carbocycles. The van der Waals surface area contributed by atoms with Crippen LogP contribution in [0, 0.1) is 27.7 Å². The molecule has 268 valence electrons. The molecule has 0 aliphatic rings. The zero-order valence-electron chi connectivity index (χ0n) is 31.1. The van der Waals surface area contributed by atoms with Crippen molar-refractivity contribution >= 4 is 17.2 Å². The van der Waals surface area contributed by atoms with Crippen molar-refractivity contribution in [3.8, 4) is 45.0 Å². The van der Waals surface area contributed by atoms with Crippen molar-refractivity contribution in [1.82, 2.24) is 9.35 Å². The molecule has 0 bridgehead atoms. The van der Waals surface area contributed by atoms with Crippen molar-refractivity contribution in [1.29, 1.82) is 0 Å². The van der Waals surface area contributed by atoms with E-state index in [0.29, 0.717) is 0 Å². The predicted octanol–water partition coefficient (Wildman–Crippen LogP) is 11.4. The van der Waals surface area contributed by atoms with Crippen LogP contribution in [0.2, 0.25) is 0 Å². The van der Waals surface area contributed by atoms with Crippen LogP contribution in [0.5, 0.6) is 0 Å². The van der Waals surface area contributed by atoms with Crippen LogP contribution in [0.3, 0.4) is 0 Å². The van der Waals surface area contributed by atoms with Crippen molar-refractivity contribution in [2.45, 2.75) is 55.4 Å². The fourth-order valence-corrected chi connectivity index (χ4v) is 5.58. The summed E-state index contributed by atoms with van der Waals surface area (Å²) in [4.78, 5) is 10.0. The van der Waals surface area contributed by atoms with Crippen LogP contribution in [0.15, 0.2) is 143 Å². The molecule has 0 radical (unpaired) electrons. The van der Waals surface area contributed by atoms with E-state index >= 15 is 0 Å². The Bertz CT molecular complexity index is 1940. The number of nitrogens with zero attached hydrogens (tertiary/aromatic N) is 4. The van der Waals surface area contributed by atoms with Gasteiger partial charge in [0.05, 0.1) is 40.0 Å². The Morgan fingerprint density at radius 1 is 0.462 bits per heavy atom. The Balaban J connectivity index is 0.000000688. The molecule has 0 spiro atoms. The van der Waals surface area contributed by atoms with Crippen molar-refractivity contribution in [2.75, 3.05) is 0 Å². The molecule has 6 aromatic rings. The van der Waals surface area contributed by atoms with E-state index in [9.17, 15) is 4.79 Å². The number of carbonyl (C=O) groups is 1. The first-order valence-corrected chi connectivity index (χ1v) is 17.1. The minimum atomic E-state index is -0.125. The molecule has 2 aromatic heterocycles. The third kappa shape index (κ3) is 9.83. The summed E-state index contributed by atoms with van der Waals surface area (Å²) in [5, 5.41) is 18.8. The standard InChI is InChI=1S/C40H38N4.C5H8O2.Ni/c1-27-7-15-33(16-8-27)37-23-24-38(34-17-9-28(2)10-18-34)43(37)41-31(5)32(6)42-44-39(35-19-11-29(3)12-20-35)25-26-40(44)36-21-13-30(4)14-22-36;1-4(6)3-5(2)7;/h7-26H,1-6H3;3,6H,1-2H3;/b41-31+,42-32+;4-3-;. The van der Waals surface area contributed by atoms with Crippen LogP contribution in [-0.4, -0.2) is 31.7 Å². The van der Waals surface area contributed by atoms with Crippen LogP contribution < -0.4 is 0 Å². The van der Waals surface area contributed by atoms with Gasteiger partial charge < -0.3 is 5.11 Å². The predicted molar refractivity (Wildman–Crippen MR) is 214 cm³/mol. The van der Waals surface area contributed by atoms with Gasteiger partial charge in [0.15, 0.2) is 5.78 Å². The number of rotatable bonds is 8. The minimum Gasteiger partial charge on any atom is -0.512 e. The summed E-state index contributed by atoms with van der Waals surface area (Å²) < 4.78 is 4.11. The molecule has 0 saturated carbocycles. The molecule has 0 saturated heterocycles. The molecule has 0 aliphatic heterocycles. The summed E-state index contributed by atoms with van der Waals surface area (Å²) >= 11 is 0. The van der Waals surface area contributed by atoms with Crippen molar-refractivity contribution in [3.05, 3.63) is 155 Å². The number of hydrogen-bond donors (Lipinski definition) is 1. The summed E-state index contributed by atoms with van der Waals surface area (Å²) in [6, 6.07) is 43.1. The fourth-order valence-electron chi connectivity index (χ4n) is 5.58. The molecule has 0 atom stereocenters. The van der Waals surface area contributed by atoms with Gasteiger partial charge in [-0.1, -0.05) is 119 Å². The third-order valence-corrected chi connectivity index (χ3v) is 8.54. The molecule has 0 amide bonds. The number of aromatic nitrogens is 2. The first-order valence-electron chi connectivity index (χ1n) is 17.1. The Labute approximate surface area is 317 Å². The second-order valence-electron chi connectivity index (χ2n) is 13.1. The van der Waals surface area contributed by atoms with E-state index in [-0.39, 0.29) is 28.0 Å². The van der Waals surface area contributed by atoms with E-state index in [0.717, 1.165) is 56.5 Å². The molecule has 6 nitrogen and oxygen atoms in total. The maximum atomic E-state index is 10.0. The smallest absolute Gasteiger partial charge is 0.155 e. The van der Waals surface area contributed by atoms with Gasteiger partial charge in [-0.3, -0.25) is 4.79 Å². The maximum Gasteiger partial charge on any atom is 0.155 e. The summed E-state index contributed by atoms with van der Waals surface area (Å²) in [5.74, 6) is -0.0625. The maximum absolute atomic E-state index is 10.0. The van der Waals surface area contributed by atoms with Gasteiger partial charge in [-0.15, -0.1) is 0 Å². The zero-order valence-corrected chi connectivity index (χ0v) is 32.1. The van der Waals surface area contributed by atoms with Gasteiger partial charge in [-0.05, 0) is 79.7 Å². The number of allylic oxidation sites excluding steroid dienone is 2. The zero-order chi connectivity index (χ0) is 36.7. The molecule has 4 aromatic carbocycles. The van der Waals surface area contributed by atoms with Gasteiger partial charge in [0.2, 0.25) is 0 Å². The molecule has 0 unspecified atom stereocenters. The average Bonchev–Trinajstić information content (AvgIpc) is 3.70. The molecule has 7 heteroatoms. The largest absolute Gasteiger partial charge is 0.512 e. The molecular weight excluding hydrogens is 687 g/mol. The number of carbonyl (C=O) groups excluding carboxylic acids is 1. The van der Waals surface area contributed by atoms with Crippen LogP contribution in [0.25, 0.3) is 45.0 Å². The Kier molecular flexibility index (Phi) is 13.3. The summed E-state index contributed by atoms with van der Waals surface area (Å²) in [7, 11) is 0. The molecular formula is C45H46N4NiO2. The average molecular weight is 734 g/mol. The third-order valence-electron chi connectivity index (χ3n) is 8.54. The fraction of sp³-hybridized carbons (Fsp3) is 0.178. The van der Waals surface area contributed by atoms with E-state index in [1.165, 1.54) is 42.2 Å². The Morgan fingerprint density at radius 3 is 0.865 bits per heavy atom. The summed E-state index contributed by atoms with van der Waals surface area (Å²) in [6.45, 7) is 15.4. The van der Waals surface area contributed by atoms with E-state index < -0.39 is 0 Å². The van der Waals surface area contributed by atoms with E-state index in [1.807, 2.05) is 13.8 Å². The van der Waals surface area contributed by atoms with Crippen molar-refractivity contribution in [3.63, 3.8) is 0 Å². The first kappa shape index (κ1) is 39.3. The van der Waals surface area contributed by atoms with Crippen LogP contribution >= 0.6 is 0 Å². The Hall–Kier alpha value is -5.52. The van der Waals surface area contributed by atoms with Gasteiger partial charge in [0, 0.05) is 44.8 Å². The molecule has 52 heavy (non-hydrogen) atoms. The monoisotopic (exact) mass is 732 g/mol. The van der Waals surface area contributed by atoms with Gasteiger partial charge in [0.1, 0.15) is 0 Å². The van der Waals surface area contributed by atoms with Crippen molar-refractivity contribution in [2.24, 2.45) is 10.2 Å². The number of aryl methyl sites for hydroxylation is 4. The molecule has 2 heterocycles. The molecule has 1 N–H and O–H groups in total. The van der Waals surface area contributed by atoms with Crippen LogP contribution in [-0.2, 0) is 21.3 Å². The molecule has 6 rings (SSSR count). The van der Waals surface area contributed by atoms with Crippen LogP contribution in [0.1, 0.15) is 49.9 Å². The SMILES string of the molecule is CC(=N\n1c(-c2ccc(C)cc2)ccc1-c1ccc(C)cc1)/C(C)=N/n1c(-c2ccc(C)cc2)ccc1-c1ccc(C)cc1.CC(=O)/C=C(/C)O.[Ni]. The second kappa shape index (κ2) is 17.6. The number of aliphatic hydroxyl groups excluding tert-OH is 1. The minimum absolute atomic E-state index is 0. The second-order valence-corrected chi connectivity index (χ2v) is 13.1. The summed E-state index contributed by atoms with van der Waals surface area (Å²) in [6.07, 6.45) is 1.17. The van der Waals surface area contributed by atoms with Crippen LogP contribution in [0.4, 0.5) is 0 Å². The van der Waals surface area contributed by atoms with Gasteiger partial charge in [0.25, 0.3) is 0 Å². The van der Waals surface area contributed by atoms with E-state index in [2.05, 4.69) is 158 Å². The van der Waals surface area contributed by atoms with E-state index in [4.69, 9.17) is 15.3 Å². The normalized spacial score (nSPS) is 11.8. The van der Waals surface area contributed by atoms with Gasteiger partial charge in [-0.25, -0.2) is 9.35 Å². The summed E-state index contributed by atoms with van der Waals surface area (Å²) in [5.41, 5.74) is 15.2. The number of ketones is 1. The Morgan fingerprint density at radius 2 is 0.692 bits per heavy atom. The quantitative estimate of drug-likeness (QED) is 0.0732. The number of benzene rings is 4.